The number of hydrogen-bond acceptors (Lipinski definition) is 3. The number of para-hydroxylation sites is 1. The molecule has 0 aliphatic rings. The Balaban J connectivity index is 2.43. The van der Waals surface area contributed by atoms with Crippen LogP contribution in [-0.4, -0.2) is 27.1 Å². The molecule has 0 saturated heterocycles. The van der Waals surface area contributed by atoms with E-state index >= 15 is 0 Å². The van der Waals surface area contributed by atoms with Crippen LogP contribution < -0.4 is 4.74 Å². The first-order chi connectivity index (χ1) is 7.76. The van der Waals surface area contributed by atoms with E-state index in [4.69, 9.17) is 14.2 Å². The summed E-state index contributed by atoms with van der Waals surface area (Å²) in [5.41, 5.74) is 1.07. The fourth-order valence-corrected chi connectivity index (χ4v) is 1.23. The minimum atomic E-state index is -0.306. The van der Waals surface area contributed by atoms with E-state index in [1.54, 1.807) is 14.2 Å². The highest BCUT2D eigenvalue weighted by molar-refractivity contribution is 5.21. The maximum atomic E-state index is 5.58. The molecule has 0 fully saturated rings. The van der Waals surface area contributed by atoms with Gasteiger partial charge in [-0.15, -0.1) is 0 Å². The van der Waals surface area contributed by atoms with E-state index in [2.05, 4.69) is 0 Å². The predicted molar refractivity (Wildman–Crippen MR) is 63.5 cm³/mol. The standard InChI is InChI=1S/C13H18O3/c1-11(9-13(14-2)15-3)10-16-12-7-5-4-6-8-12/h4-9,13H,10H2,1-3H3/b11-9+. The second-order valence-corrected chi connectivity index (χ2v) is 3.45. The average molecular weight is 222 g/mol. The van der Waals surface area contributed by atoms with Gasteiger partial charge in [-0.05, 0) is 30.7 Å². The van der Waals surface area contributed by atoms with E-state index in [9.17, 15) is 0 Å². The number of benzene rings is 1. The second-order valence-electron chi connectivity index (χ2n) is 3.45. The van der Waals surface area contributed by atoms with Crippen molar-refractivity contribution < 1.29 is 14.2 Å². The summed E-state index contributed by atoms with van der Waals surface area (Å²) in [7, 11) is 3.21. The van der Waals surface area contributed by atoms with Crippen molar-refractivity contribution in [1.82, 2.24) is 0 Å². The van der Waals surface area contributed by atoms with Gasteiger partial charge < -0.3 is 14.2 Å². The van der Waals surface area contributed by atoms with Gasteiger partial charge in [0.05, 0.1) is 0 Å². The molecule has 88 valence electrons. The summed E-state index contributed by atoms with van der Waals surface area (Å²) >= 11 is 0. The molecule has 0 aromatic heterocycles. The van der Waals surface area contributed by atoms with Crippen molar-refractivity contribution in [3.63, 3.8) is 0 Å². The summed E-state index contributed by atoms with van der Waals surface area (Å²) in [5, 5.41) is 0. The Morgan fingerprint density at radius 1 is 1.19 bits per heavy atom. The smallest absolute Gasteiger partial charge is 0.176 e. The van der Waals surface area contributed by atoms with Crippen LogP contribution >= 0.6 is 0 Å². The largest absolute Gasteiger partial charge is 0.489 e. The maximum Gasteiger partial charge on any atom is 0.176 e. The third-order valence-electron chi connectivity index (χ3n) is 2.09. The van der Waals surface area contributed by atoms with Crippen LogP contribution in [0.1, 0.15) is 6.92 Å². The van der Waals surface area contributed by atoms with Crippen molar-refractivity contribution >= 4 is 0 Å². The number of methoxy groups -OCH3 is 2. The molecular formula is C13H18O3. The zero-order valence-electron chi connectivity index (χ0n) is 9.97. The van der Waals surface area contributed by atoms with Crippen LogP contribution in [0.3, 0.4) is 0 Å². The normalized spacial score (nSPS) is 11.9. The molecule has 0 heterocycles. The molecule has 0 aliphatic carbocycles. The van der Waals surface area contributed by atoms with Gasteiger partial charge in [0.2, 0.25) is 0 Å². The Morgan fingerprint density at radius 3 is 2.38 bits per heavy atom. The highest BCUT2D eigenvalue weighted by atomic mass is 16.7. The molecule has 0 bridgehead atoms. The number of ether oxygens (including phenoxy) is 3. The molecule has 0 N–H and O–H groups in total. The highest BCUT2D eigenvalue weighted by Crippen LogP contribution is 2.10. The molecule has 3 nitrogen and oxygen atoms in total. The van der Waals surface area contributed by atoms with Gasteiger partial charge in [-0.3, -0.25) is 0 Å². The SMILES string of the molecule is COC(/C=C(\C)COc1ccccc1)OC. The van der Waals surface area contributed by atoms with Crippen LogP contribution in [-0.2, 0) is 9.47 Å². The minimum Gasteiger partial charge on any atom is -0.489 e. The molecule has 1 rings (SSSR count). The van der Waals surface area contributed by atoms with Gasteiger partial charge in [0.25, 0.3) is 0 Å². The van der Waals surface area contributed by atoms with E-state index < -0.39 is 0 Å². The predicted octanol–water partition coefficient (Wildman–Crippen LogP) is 2.63. The molecule has 0 spiro atoms. The minimum absolute atomic E-state index is 0.306. The summed E-state index contributed by atoms with van der Waals surface area (Å²) in [6.45, 7) is 2.52. The van der Waals surface area contributed by atoms with Gasteiger partial charge in [-0.2, -0.15) is 0 Å². The third kappa shape index (κ3) is 4.47. The third-order valence-corrected chi connectivity index (χ3v) is 2.09. The van der Waals surface area contributed by atoms with Crippen LogP contribution in [0, 0.1) is 0 Å². The van der Waals surface area contributed by atoms with Crippen LogP contribution in [0.5, 0.6) is 5.75 Å². The Bertz CT molecular complexity index is 315. The zero-order valence-corrected chi connectivity index (χ0v) is 9.97. The molecule has 1 aromatic carbocycles. The Kier molecular flexibility index (Phi) is 5.61. The van der Waals surface area contributed by atoms with Gasteiger partial charge in [-0.25, -0.2) is 0 Å². The summed E-state index contributed by atoms with van der Waals surface area (Å²) in [6.07, 6.45) is 1.59. The molecule has 0 amide bonds. The van der Waals surface area contributed by atoms with Crippen molar-refractivity contribution in [3.05, 3.63) is 42.0 Å². The summed E-state index contributed by atoms with van der Waals surface area (Å²) in [4.78, 5) is 0. The van der Waals surface area contributed by atoms with Crippen LogP contribution in [0.25, 0.3) is 0 Å². The topological polar surface area (TPSA) is 27.7 Å². The van der Waals surface area contributed by atoms with Gasteiger partial charge in [0, 0.05) is 14.2 Å². The molecule has 0 radical (unpaired) electrons. The summed E-state index contributed by atoms with van der Waals surface area (Å²) < 4.78 is 15.7. The highest BCUT2D eigenvalue weighted by Gasteiger charge is 2.01. The van der Waals surface area contributed by atoms with E-state index in [0.717, 1.165) is 11.3 Å². The first kappa shape index (κ1) is 12.7. The molecule has 3 heteroatoms. The van der Waals surface area contributed by atoms with Crippen LogP contribution in [0.4, 0.5) is 0 Å². The van der Waals surface area contributed by atoms with Crippen LogP contribution in [0.2, 0.25) is 0 Å². The summed E-state index contributed by atoms with van der Waals surface area (Å²) in [6, 6.07) is 9.71. The second kappa shape index (κ2) is 7.04. The first-order valence-electron chi connectivity index (χ1n) is 5.17. The molecule has 0 atom stereocenters. The van der Waals surface area contributed by atoms with E-state index in [1.807, 2.05) is 43.3 Å². The zero-order chi connectivity index (χ0) is 11.8. The van der Waals surface area contributed by atoms with E-state index in [1.165, 1.54) is 0 Å². The Hall–Kier alpha value is -1.32. The van der Waals surface area contributed by atoms with Crippen molar-refractivity contribution in [2.75, 3.05) is 20.8 Å². The molecular weight excluding hydrogens is 204 g/mol. The van der Waals surface area contributed by atoms with Gasteiger partial charge in [-0.1, -0.05) is 18.2 Å². The van der Waals surface area contributed by atoms with Gasteiger partial charge in [0.1, 0.15) is 12.4 Å². The van der Waals surface area contributed by atoms with Gasteiger partial charge in [0.15, 0.2) is 6.29 Å². The fourth-order valence-electron chi connectivity index (χ4n) is 1.23. The van der Waals surface area contributed by atoms with Gasteiger partial charge >= 0.3 is 0 Å². The number of hydrogen-bond donors (Lipinski definition) is 0. The van der Waals surface area contributed by atoms with Crippen molar-refractivity contribution in [2.45, 2.75) is 13.2 Å². The molecule has 0 aliphatic heterocycles. The van der Waals surface area contributed by atoms with Crippen molar-refractivity contribution in [2.24, 2.45) is 0 Å². The molecule has 0 saturated carbocycles. The molecule has 0 unspecified atom stereocenters. The molecule has 16 heavy (non-hydrogen) atoms. The lowest BCUT2D eigenvalue weighted by atomic mass is 10.3. The lowest BCUT2D eigenvalue weighted by Gasteiger charge is -2.11. The van der Waals surface area contributed by atoms with E-state index in [-0.39, 0.29) is 6.29 Å². The summed E-state index contributed by atoms with van der Waals surface area (Å²) in [5.74, 6) is 0.863. The van der Waals surface area contributed by atoms with Crippen LogP contribution in [0.15, 0.2) is 42.0 Å². The number of rotatable bonds is 6. The Morgan fingerprint density at radius 2 is 1.81 bits per heavy atom. The lowest BCUT2D eigenvalue weighted by molar-refractivity contribution is -0.0673. The maximum absolute atomic E-state index is 5.58. The fraction of sp³-hybridized carbons (Fsp3) is 0.385. The van der Waals surface area contributed by atoms with Crippen molar-refractivity contribution in [1.29, 1.82) is 0 Å². The van der Waals surface area contributed by atoms with Crippen molar-refractivity contribution in [3.8, 4) is 5.75 Å². The average Bonchev–Trinajstić information content (AvgIpc) is 2.34. The molecule has 1 aromatic rings. The first-order valence-corrected chi connectivity index (χ1v) is 5.17. The van der Waals surface area contributed by atoms with E-state index in [0.29, 0.717) is 6.61 Å². The Labute approximate surface area is 96.6 Å². The lowest BCUT2D eigenvalue weighted by Crippen LogP contribution is -2.11. The quantitative estimate of drug-likeness (QED) is 0.547. The monoisotopic (exact) mass is 222 g/mol.